The first-order chi connectivity index (χ1) is 9.95. The highest BCUT2D eigenvalue weighted by molar-refractivity contribution is 9.10. The van der Waals surface area contributed by atoms with Crippen molar-refractivity contribution >= 4 is 27.6 Å². The summed E-state index contributed by atoms with van der Waals surface area (Å²) in [5.74, 6) is -0.173. The molecule has 0 aliphatic carbocycles. The summed E-state index contributed by atoms with van der Waals surface area (Å²) in [6.07, 6.45) is 0. The smallest absolute Gasteiger partial charge is 0.342 e. The lowest BCUT2D eigenvalue weighted by molar-refractivity contribution is 0.0459. The van der Waals surface area contributed by atoms with Crippen molar-refractivity contribution in [2.45, 2.75) is 13.5 Å². The summed E-state index contributed by atoms with van der Waals surface area (Å²) in [6.45, 7) is 1.98. The van der Waals surface area contributed by atoms with E-state index in [2.05, 4.69) is 21.0 Å². The summed E-state index contributed by atoms with van der Waals surface area (Å²) < 4.78 is 13.0. The molecule has 0 fully saturated rings. The third-order valence-corrected chi connectivity index (χ3v) is 4.10. The van der Waals surface area contributed by atoms with Gasteiger partial charge in [-0.2, -0.15) is 5.10 Å². The Labute approximate surface area is 131 Å². The van der Waals surface area contributed by atoms with Crippen LogP contribution < -0.4 is 10.5 Å². The summed E-state index contributed by atoms with van der Waals surface area (Å²) in [5, 5.41) is 4.24. The zero-order chi connectivity index (χ0) is 15.6. The van der Waals surface area contributed by atoms with Gasteiger partial charge < -0.3 is 15.2 Å². The topological polar surface area (TPSA) is 79.4 Å². The van der Waals surface area contributed by atoms with Crippen LogP contribution in [-0.4, -0.2) is 22.9 Å². The number of nitrogens with two attached hydrogens (primary N) is 1. The Bertz CT molecular complexity index is 682. The summed E-state index contributed by atoms with van der Waals surface area (Å²) in [6, 6.07) is 4.95. The van der Waals surface area contributed by atoms with E-state index in [-0.39, 0.29) is 6.61 Å². The van der Waals surface area contributed by atoms with Gasteiger partial charge in [0.2, 0.25) is 0 Å². The zero-order valence-corrected chi connectivity index (χ0v) is 13.6. The van der Waals surface area contributed by atoms with Crippen LogP contribution in [0.3, 0.4) is 0 Å². The van der Waals surface area contributed by atoms with Crippen LogP contribution in [0.4, 0.5) is 5.69 Å². The summed E-state index contributed by atoms with van der Waals surface area (Å²) >= 11 is 3.43. The average Bonchev–Trinajstić information content (AvgIpc) is 2.69. The van der Waals surface area contributed by atoms with Gasteiger partial charge in [0.25, 0.3) is 0 Å². The van der Waals surface area contributed by atoms with Gasteiger partial charge in [0, 0.05) is 7.05 Å². The molecular formula is C14H16BrN3O3. The first-order valence-electron chi connectivity index (χ1n) is 6.23. The predicted molar refractivity (Wildman–Crippen MR) is 82.2 cm³/mol. The van der Waals surface area contributed by atoms with Crippen molar-refractivity contribution in [1.29, 1.82) is 0 Å². The second-order valence-corrected chi connectivity index (χ2v) is 5.27. The number of hydrogen-bond acceptors (Lipinski definition) is 5. The van der Waals surface area contributed by atoms with Gasteiger partial charge in [0.05, 0.1) is 28.7 Å². The van der Waals surface area contributed by atoms with Crippen LogP contribution in [-0.2, 0) is 18.4 Å². The van der Waals surface area contributed by atoms with E-state index in [4.69, 9.17) is 15.2 Å². The van der Waals surface area contributed by atoms with Crippen molar-refractivity contribution in [3.8, 4) is 5.75 Å². The van der Waals surface area contributed by atoms with Gasteiger partial charge in [-0.05, 0) is 35.0 Å². The van der Waals surface area contributed by atoms with Crippen LogP contribution in [0, 0.1) is 6.92 Å². The average molecular weight is 354 g/mol. The van der Waals surface area contributed by atoms with Crippen molar-refractivity contribution < 1.29 is 14.3 Å². The standard InChI is InChI=1S/C14H16BrN3O3/c1-8-12(15)11(18(2)17-8)7-21-14(19)9-5-4-6-10(16)13(9)20-3/h4-6H,7,16H2,1-3H3. The number of hydrogen-bond donors (Lipinski definition) is 1. The molecule has 0 spiro atoms. The molecule has 1 aromatic carbocycles. The number of aromatic nitrogens is 2. The molecule has 0 unspecified atom stereocenters. The number of esters is 1. The second-order valence-electron chi connectivity index (χ2n) is 4.47. The van der Waals surface area contributed by atoms with Crippen molar-refractivity contribution in [2.24, 2.45) is 7.05 Å². The maximum absolute atomic E-state index is 12.2. The fourth-order valence-corrected chi connectivity index (χ4v) is 2.44. The largest absolute Gasteiger partial charge is 0.494 e. The van der Waals surface area contributed by atoms with E-state index in [1.807, 2.05) is 6.92 Å². The number of para-hydroxylation sites is 1. The first-order valence-corrected chi connectivity index (χ1v) is 7.02. The van der Waals surface area contributed by atoms with Gasteiger partial charge in [0.1, 0.15) is 12.2 Å². The highest BCUT2D eigenvalue weighted by Crippen LogP contribution is 2.27. The molecule has 0 amide bonds. The first kappa shape index (κ1) is 15.4. The molecule has 0 saturated heterocycles. The Morgan fingerprint density at radius 3 is 2.76 bits per heavy atom. The lowest BCUT2D eigenvalue weighted by Gasteiger charge is -2.11. The number of carbonyl (C=O) groups is 1. The van der Waals surface area contributed by atoms with Gasteiger partial charge in [-0.1, -0.05) is 6.07 Å². The number of nitrogen functional groups attached to an aromatic ring is 1. The second kappa shape index (κ2) is 6.17. The van der Waals surface area contributed by atoms with Crippen LogP contribution in [0.25, 0.3) is 0 Å². The van der Waals surface area contributed by atoms with Crippen LogP contribution in [0.15, 0.2) is 22.7 Å². The molecule has 2 rings (SSSR count). The minimum Gasteiger partial charge on any atom is -0.494 e. The normalized spacial score (nSPS) is 10.5. The van der Waals surface area contributed by atoms with E-state index in [0.29, 0.717) is 17.0 Å². The van der Waals surface area contributed by atoms with Crippen molar-refractivity contribution in [2.75, 3.05) is 12.8 Å². The van der Waals surface area contributed by atoms with E-state index >= 15 is 0 Å². The molecule has 0 aliphatic rings. The van der Waals surface area contributed by atoms with Crippen LogP contribution >= 0.6 is 15.9 Å². The molecule has 1 heterocycles. The predicted octanol–water partition coefficient (Wildman–Crippen LogP) is 2.44. The lowest BCUT2D eigenvalue weighted by atomic mass is 10.2. The van der Waals surface area contributed by atoms with Crippen molar-refractivity contribution in [1.82, 2.24) is 9.78 Å². The monoisotopic (exact) mass is 353 g/mol. The van der Waals surface area contributed by atoms with E-state index in [1.165, 1.54) is 7.11 Å². The minimum absolute atomic E-state index is 0.106. The molecule has 21 heavy (non-hydrogen) atoms. The molecule has 0 aliphatic heterocycles. The summed E-state index contributed by atoms with van der Waals surface area (Å²) in [7, 11) is 3.26. The number of rotatable bonds is 4. The minimum atomic E-state index is -0.495. The highest BCUT2D eigenvalue weighted by atomic mass is 79.9. The Balaban J connectivity index is 2.18. The number of methoxy groups -OCH3 is 1. The number of nitrogens with zero attached hydrogens (tertiary/aromatic N) is 2. The molecule has 2 N–H and O–H groups in total. The van der Waals surface area contributed by atoms with Crippen LogP contribution in [0.1, 0.15) is 21.7 Å². The van der Waals surface area contributed by atoms with E-state index in [9.17, 15) is 4.79 Å². The fourth-order valence-electron chi connectivity index (χ4n) is 1.99. The fraction of sp³-hybridized carbons (Fsp3) is 0.286. The van der Waals surface area contributed by atoms with E-state index in [0.717, 1.165) is 15.9 Å². The number of anilines is 1. The van der Waals surface area contributed by atoms with Gasteiger partial charge in [-0.3, -0.25) is 4.68 Å². The highest BCUT2D eigenvalue weighted by Gasteiger charge is 2.18. The van der Waals surface area contributed by atoms with Crippen molar-refractivity contribution in [3.05, 3.63) is 39.6 Å². The van der Waals surface area contributed by atoms with Crippen LogP contribution in [0.5, 0.6) is 5.75 Å². The molecular weight excluding hydrogens is 338 g/mol. The summed E-state index contributed by atoms with van der Waals surface area (Å²) in [5.41, 5.74) is 8.09. The molecule has 6 nitrogen and oxygen atoms in total. The summed E-state index contributed by atoms with van der Waals surface area (Å²) in [4.78, 5) is 12.2. The number of halogens is 1. The molecule has 7 heteroatoms. The number of ether oxygens (including phenoxy) is 2. The Morgan fingerprint density at radius 1 is 1.48 bits per heavy atom. The van der Waals surface area contributed by atoms with Gasteiger partial charge >= 0.3 is 5.97 Å². The number of benzene rings is 1. The Kier molecular flexibility index (Phi) is 4.52. The number of aryl methyl sites for hydroxylation is 2. The molecule has 0 saturated carbocycles. The van der Waals surface area contributed by atoms with E-state index < -0.39 is 5.97 Å². The maximum atomic E-state index is 12.2. The molecule has 0 atom stereocenters. The van der Waals surface area contributed by atoms with Gasteiger partial charge in [-0.25, -0.2) is 4.79 Å². The SMILES string of the molecule is COc1c(N)cccc1C(=O)OCc1c(Br)c(C)nn1C. The molecule has 0 bridgehead atoms. The van der Waals surface area contributed by atoms with E-state index in [1.54, 1.807) is 29.9 Å². The van der Waals surface area contributed by atoms with Crippen molar-refractivity contribution in [3.63, 3.8) is 0 Å². The lowest BCUT2D eigenvalue weighted by Crippen LogP contribution is -2.10. The molecule has 112 valence electrons. The molecule has 0 radical (unpaired) electrons. The Hall–Kier alpha value is -2.02. The van der Waals surface area contributed by atoms with Gasteiger partial charge in [-0.15, -0.1) is 0 Å². The third kappa shape index (κ3) is 3.02. The third-order valence-electron chi connectivity index (χ3n) is 3.07. The van der Waals surface area contributed by atoms with Gasteiger partial charge in [0.15, 0.2) is 5.75 Å². The van der Waals surface area contributed by atoms with Crippen LogP contribution in [0.2, 0.25) is 0 Å². The molecule has 1 aromatic heterocycles. The Morgan fingerprint density at radius 2 is 2.19 bits per heavy atom. The molecule has 2 aromatic rings. The zero-order valence-electron chi connectivity index (χ0n) is 12.0. The maximum Gasteiger partial charge on any atom is 0.342 e. The number of carbonyl (C=O) groups excluding carboxylic acids is 1. The quantitative estimate of drug-likeness (QED) is 0.674.